The minimum Gasteiger partial charge on any atom is -0.494 e. The maximum absolute atomic E-state index is 13.4. The third-order valence-corrected chi connectivity index (χ3v) is 3.48. The predicted octanol–water partition coefficient (Wildman–Crippen LogP) is 4.36. The Bertz CT molecular complexity index is 639. The highest BCUT2D eigenvalue weighted by atomic mass is 79.9. The Morgan fingerprint density at radius 1 is 1.15 bits per heavy atom. The Morgan fingerprint density at radius 3 is 2.40 bits per heavy atom. The lowest BCUT2D eigenvalue weighted by molar-refractivity contribution is 0.103. The zero-order valence-electron chi connectivity index (χ0n) is 10.6. The van der Waals surface area contributed by atoms with Crippen molar-refractivity contribution >= 4 is 21.7 Å². The summed E-state index contributed by atoms with van der Waals surface area (Å²) < 4.78 is 31.6. The number of carbonyl (C=O) groups excluding carboxylic acids is 1. The first-order valence-electron chi connectivity index (χ1n) is 5.95. The van der Waals surface area contributed by atoms with Crippen LogP contribution in [0.1, 0.15) is 22.8 Å². The zero-order chi connectivity index (χ0) is 14.7. The van der Waals surface area contributed by atoms with Gasteiger partial charge in [0.05, 0.1) is 11.1 Å². The number of benzene rings is 2. The Morgan fingerprint density at radius 2 is 1.80 bits per heavy atom. The summed E-state index contributed by atoms with van der Waals surface area (Å²) >= 11 is 2.91. The van der Waals surface area contributed by atoms with E-state index in [4.69, 9.17) is 4.74 Å². The van der Waals surface area contributed by atoms with Gasteiger partial charge in [-0.05, 0) is 59.3 Å². The molecule has 0 saturated heterocycles. The number of ketones is 1. The minimum absolute atomic E-state index is 0.0769. The number of hydrogen-bond donors (Lipinski definition) is 0. The summed E-state index contributed by atoms with van der Waals surface area (Å²) in [7, 11) is 0. The topological polar surface area (TPSA) is 26.3 Å². The Kier molecular flexibility index (Phi) is 4.49. The summed E-state index contributed by atoms with van der Waals surface area (Å²) in [4.78, 5) is 12.2. The highest BCUT2D eigenvalue weighted by Gasteiger charge is 2.18. The SMILES string of the molecule is CCOc1ccc(C(=O)c2ccc(F)c(F)c2Br)cc1. The largest absolute Gasteiger partial charge is 0.494 e. The minimum atomic E-state index is -1.07. The molecule has 2 aromatic carbocycles. The first-order chi connectivity index (χ1) is 9.54. The van der Waals surface area contributed by atoms with Gasteiger partial charge < -0.3 is 4.74 Å². The van der Waals surface area contributed by atoms with Gasteiger partial charge in [0.1, 0.15) is 5.75 Å². The van der Waals surface area contributed by atoms with Crippen LogP contribution >= 0.6 is 15.9 Å². The second-order valence-corrected chi connectivity index (χ2v) is 4.80. The van der Waals surface area contributed by atoms with Crippen molar-refractivity contribution in [3.05, 3.63) is 63.6 Å². The van der Waals surface area contributed by atoms with E-state index in [0.29, 0.717) is 17.9 Å². The van der Waals surface area contributed by atoms with Crippen LogP contribution in [0.3, 0.4) is 0 Å². The van der Waals surface area contributed by atoms with Gasteiger partial charge in [0.15, 0.2) is 17.4 Å². The average Bonchev–Trinajstić information content (AvgIpc) is 2.45. The molecule has 5 heteroatoms. The molecule has 2 aromatic rings. The third-order valence-electron chi connectivity index (χ3n) is 2.71. The average molecular weight is 341 g/mol. The highest BCUT2D eigenvalue weighted by molar-refractivity contribution is 9.10. The van der Waals surface area contributed by atoms with E-state index in [1.807, 2.05) is 6.92 Å². The van der Waals surface area contributed by atoms with Gasteiger partial charge in [0, 0.05) is 11.1 Å². The number of ether oxygens (including phenoxy) is 1. The zero-order valence-corrected chi connectivity index (χ0v) is 12.2. The van der Waals surface area contributed by atoms with E-state index in [0.717, 1.165) is 6.07 Å². The van der Waals surface area contributed by atoms with Gasteiger partial charge in [-0.25, -0.2) is 8.78 Å². The molecule has 0 saturated carbocycles. The molecule has 0 bridgehead atoms. The van der Waals surface area contributed by atoms with Crippen molar-refractivity contribution in [1.29, 1.82) is 0 Å². The van der Waals surface area contributed by atoms with E-state index in [1.165, 1.54) is 6.07 Å². The molecular formula is C15H11BrF2O2. The van der Waals surface area contributed by atoms with Crippen LogP contribution in [0.5, 0.6) is 5.75 Å². The lowest BCUT2D eigenvalue weighted by Gasteiger charge is -2.07. The second-order valence-electron chi connectivity index (χ2n) is 4.01. The summed E-state index contributed by atoms with van der Waals surface area (Å²) in [6.45, 7) is 2.39. The first-order valence-corrected chi connectivity index (χ1v) is 6.75. The standard InChI is InChI=1S/C15H11BrF2O2/c1-2-20-10-5-3-9(4-6-10)15(19)11-7-8-12(17)14(18)13(11)16/h3-8H,2H2,1H3. The Hall–Kier alpha value is -1.75. The van der Waals surface area contributed by atoms with Crippen molar-refractivity contribution in [2.45, 2.75) is 6.92 Å². The highest BCUT2D eigenvalue weighted by Crippen LogP contribution is 2.25. The maximum Gasteiger partial charge on any atom is 0.194 e. The molecule has 0 spiro atoms. The van der Waals surface area contributed by atoms with E-state index in [-0.39, 0.29) is 15.8 Å². The lowest BCUT2D eigenvalue weighted by Crippen LogP contribution is -2.04. The molecular weight excluding hydrogens is 330 g/mol. The molecule has 2 nitrogen and oxygen atoms in total. The van der Waals surface area contributed by atoms with Crippen LogP contribution in [0.25, 0.3) is 0 Å². The fourth-order valence-electron chi connectivity index (χ4n) is 1.73. The van der Waals surface area contributed by atoms with Gasteiger partial charge >= 0.3 is 0 Å². The van der Waals surface area contributed by atoms with Crippen LogP contribution < -0.4 is 4.74 Å². The quantitative estimate of drug-likeness (QED) is 0.610. The summed E-state index contributed by atoms with van der Waals surface area (Å²) in [6, 6.07) is 8.67. The van der Waals surface area contributed by atoms with Crippen LogP contribution in [0.2, 0.25) is 0 Å². The normalized spacial score (nSPS) is 10.4. The fourth-order valence-corrected chi connectivity index (χ4v) is 2.23. The summed E-state index contributed by atoms with van der Waals surface area (Å²) in [5, 5.41) is 0. The van der Waals surface area contributed by atoms with Gasteiger partial charge in [-0.2, -0.15) is 0 Å². The van der Waals surface area contributed by atoms with Crippen molar-refractivity contribution in [3.63, 3.8) is 0 Å². The van der Waals surface area contributed by atoms with Crippen molar-refractivity contribution in [3.8, 4) is 5.75 Å². The van der Waals surface area contributed by atoms with Crippen molar-refractivity contribution < 1.29 is 18.3 Å². The van der Waals surface area contributed by atoms with Crippen LogP contribution in [0.15, 0.2) is 40.9 Å². The molecule has 0 unspecified atom stereocenters. The van der Waals surface area contributed by atoms with Gasteiger partial charge in [-0.15, -0.1) is 0 Å². The van der Waals surface area contributed by atoms with Crippen LogP contribution in [0, 0.1) is 11.6 Å². The molecule has 0 heterocycles. The molecule has 0 N–H and O–H groups in total. The van der Waals surface area contributed by atoms with Gasteiger partial charge in [0.2, 0.25) is 0 Å². The number of hydrogen-bond acceptors (Lipinski definition) is 2. The Labute approximate surface area is 123 Å². The first kappa shape index (κ1) is 14.7. The molecule has 0 aliphatic rings. The van der Waals surface area contributed by atoms with E-state index < -0.39 is 11.6 Å². The molecule has 2 rings (SSSR count). The molecule has 0 amide bonds. The molecule has 0 atom stereocenters. The van der Waals surface area contributed by atoms with Crippen molar-refractivity contribution in [2.75, 3.05) is 6.61 Å². The fraction of sp³-hybridized carbons (Fsp3) is 0.133. The molecule has 20 heavy (non-hydrogen) atoms. The summed E-state index contributed by atoms with van der Waals surface area (Å²) in [6.07, 6.45) is 0. The molecule has 0 aromatic heterocycles. The predicted molar refractivity (Wildman–Crippen MR) is 75.1 cm³/mol. The van der Waals surface area contributed by atoms with Crippen LogP contribution in [0.4, 0.5) is 8.78 Å². The lowest BCUT2D eigenvalue weighted by atomic mass is 10.0. The molecule has 0 fully saturated rings. The monoisotopic (exact) mass is 340 g/mol. The van der Waals surface area contributed by atoms with Gasteiger partial charge in [-0.3, -0.25) is 4.79 Å². The molecule has 0 radical (unpaired) electrons. The Balaban J connectivity index is 2.34. The van der Waals surface area contributed by atoms with E-state index in [2.05, 4.69) is 15.9 Å². The summed E-state index contributed by atoms with van der Waals surface area (Å²) in [5.41, 5.74) is 0.452. The number of rotatable bonds is 4. The van der Waals surface area contributed by atoms with E-state index >= 15 is 0 Å². The molecule has 104 valence electrons. The molecule has 0 aliphatic carbocycles. The molecule has 0 aliphatic heterocycles. The summed E-state index contributed by atoms with van der Waals surface area (Å²) in [5.74, 6) is -1.81. The van der Waals surface area contributed by atoms with Crippen molar-refractivity contribution in [2.24, 2.45) is 0 Å². The van der Waals surface area contributed by atoms with Crippen molar-refractivity contribution in [1.82, 2.24) is 0 Å². The van der Waals surface area contributed by atoms with Crippen LogP contribution in [-0.2, 0) is 0 Å². The second kappa shape index (κ2) is 6.13. The van der Waals surface area contributed by atoms with Gasteiger partial charge in [0.25, 0.3) is 0 Å². The smallest absolute Gasteiger partial charge is 0.194 e. The number of halogens is 3. The third kappa shape index (κ3) is 2.88. The number of carbonyl (C=O) groups is 1. The van der Waals surface area contributed by atoms with Gasteiger partial charge in [-0.1, -0.05) is 0 Å². The van der Waals surface area contributed by atoms with Crippen LogP contribution in [-0.4, -0.2) is 12.4 Å². The maximum atomic E-state index is 13.4. The van der Waals surface area contributed by atoms with E-state index in [9.17, 15) is 13.6 Å². The van der Waals surface area contributed by atoms with E-state index in [1.54, 1.807) is 24.3 Å².